The van der Waals surface area contributed by atoms with E-state index in [1.165, 1.54) is 0 Å². The topological polar surface area (TPSA) is 66.8 Å². The first kappa shape index (κ1) is 20.2. The second-order valence-corrected chi connectivity index (χ2v) is 7.89. The van der Waals surface area contributed by atoms with Crippen molar-refractivity contribution >= 4 is 27.7 Å². The van der Waals surface area contributed by atoms with E-state index in [0.717, 1.165) is 28.5 Å². The van der Waals surface area contributed by atoms with Gasteiger partial charge in [-0.3, -0.25) is 4.79 Å². The maximum Gasteiger partial charge on any atom is 0.339 e. The number of benzene rings is 2. The summed E-state index contributed by atoms with van der Waals surface area (Å²) in [7, 11) is 0. The number of aryl methyl sites for hydroxylation is 1. The normalized spacial score (nSPS) is 12.1. The molecule has 3 aromatic rings. The van der Waals surface area contributed by atoms with Crippen LogP contribution in [0.4, 0.5) is 0 Å². The van der Waals surface area contributed by atoms with Crippen LogP contribution in [0, 0.1) is 13.8 Å². The highest BCUT2D eigenvalue weighted by Gasteiger charge is 2.20. The van der Waals surface area contributed by atoms with E-state index in [9.17, 15) is 9.59 Å². The molecule has 1 aliphatic rings. The van der Waals surface area contributed by atoms with Gasteiger partial charge >= 0.3 is 5.97 Å². The minimum Gasteiger partial charge on any atom is -0.454 e. The van der Waals surface area contributed by atoms with E-state index < -0.39 is 5.97 Å². The number of ether oxygens (including phenoxy) is 3. The zero-order valence-electron chi connectivity index (χ0n) is 16.6. The molecule has 0 aliphatic carbocycles. The number of nitrogens with zero attached hydrogens (tertiary/aromatic N) is 1. The molecule has 30 heavy (non-hydrogen) atoms. The molecule has 4 rings (SSSR count). The smallest absolute Gasteiger partial charge is 0.339 e. The Morgan fingerprint density at radius 1 is 1.03 bits per heavy atom. The van der Waals surface area contributed by atoms with Crippen LogP contribution in [0.25, 0.3) is 0 Å². The van der Waals surface area contributed by atoms with Gasteiger partial charge in [-0.2, -0.15) is 0 Å². The lowest BCUT2D eigenvalue weighted by Gasteiger charge is -2.11. The standard InChI is InChI=1S/C23H20BrNO5/c1-14-9-18(20(26)12-28-23(27)17-5-3-4-6-19(17)24)15(2)25(14)11-16-7-8-21-22(10-16)30-13-29-21/h3-10H,11-13H2,1-2H3. The van der Waals surface area contributed by atoms with Gasteiger partial charge in [0, 0.05) is 28.0 Å². The second-order valence-electron chi connectivity index (χ2n) is 7.04. The quantitative estimate of drug-likeness (QED) is 0.387. The summed E-state index contributed by atoms with van der Waals surface area (Å²) < 4.78 is 18.7. The molecule has 0 N–H and O–H groups in total. The summed E-state index contributed by atoms with van der Waals surface area (Å²) in [6.45, 7) is 4.36. The van der Waals surface area contributed by atoms with Gasteiger partial charge in [0.25, 0.3) is 0 Å². The Bertz CT molecular complexity index is 1130. The monoisotopic (exact) mass is 469 g/mol. The predicted octanol–water partition coefficient (Wildman–Crippen LogP) is 4.68. The molecule has 0 amide bonds. The van der Waals surface area contributed by atoms with E-state index in [2.05, 4.69) is 20.5 Å². The third-order valence-corrected chi connectivity index (χ3v) is 5.77. The van der Waals surface area contributed by atoms with E-state index in [1.807, 2.05) is 38.1 Å². The number of rotatable bonds is 6. The largest absolute Gasteiger partial charge is 0.454 e. The number of hydrogen-bond acceptors (Lipinski definition) is 5. The zero-order valence-corrected chi connectivity index (χ0v) is 18.2. The van der Waals surface area contributed by atoms with Crippen LogP contribution in [0.5, 0.6) is 11.5 Å². The van der Waals surface area contributed by atoms with Crippen LogP contribution < -0.4 is 9.47 Å². The molecular formula is C23H20BrNO5. The van der Waals surface area contributed by atoms with E-state index in [-0.39, 0.29) is 19.2 Å². The molecular weight excluding hydrogens is 450 g/mol. The molecule has 0 spiro atoms. The van der Waals surface area contributed by atoms with Crippen LogP contribution in [-0.4, -0.2) is 29.7 Å². The average Bonchev–Trinajstić information content (AvgIpc) is 3.31. The van der Waals surface area contributed by atoms with Crippen molar-refractivity contribution in [2.24, 2.45) is 0 Å². The first-order valence-electron chi connectivity index (χ1n) is 9.44. The van der Waals surface area contributed by atoms with Gasteiger partial charge in [-0.25, -0.2) is 4.79 Å². The fourth-order valence-electron chi connectivity index (χ4n) is 3.46. The number of fused-ring (bicyclic) bond motifs is 1. The molecule has 0 saturated heterocycles. The van der Waals surface area contributed by atoms with Gasteiger partial charge < -0.3 is 18.8 Å². The van der Waals surface area contributed by atoms with Crippen molar-refractivity contribution in [2.45, 2.75) is 20.4 Å². The van der Waals surface area contributed by atoms with Crippen LogP contribution in [0.3, 0.4) is 0 Å². The summed E-state index contributed by atoms with van der Waals surface area (Å²) >= 11 is 3.32. The van der Waals surface area contributed by atoms with Gasteiger partial charge in [-0.05, 0) is 65.7 Å². The van der Waals surface area contributed by atoms with Gasteiger partial charge in [0.05, 0.1) is 5.56 Å². The highest BCUT2D eigenvalue weighted by atomic mass is 79.9. The summed E-state index contributed by atoms with van der Waals surface area (Å²) in [5, 5.41) is 0. The van der Waals surface area contributed by atoms with Crippen molar-refractivity contribution in [3.05, 3.63) is 81.1 Å². The van der Waals surface area contributed by atoms with E-state index >= 15 is 0 Å². The molecule has 7 heteroatoms. The molecule has 2 aromatic carbocycles. The Morgan fingerprint density at radius 2 is 1.80 bits per heavy atom. The highest BCUT2D eigenvalue weighted by Crippen LogP contribution is 2.33. The van der Waals surface area contributed by atoms with E-state index in [4.69, 9.17) is 14.2 Å². The number of aromatic nitrogens is 1. The molecule has 0 fully saturated rings. The number of Topliss-reactive ketones (excluding diaryl/α,β-unsaturated/α-hetero) is 1. The summed E-state index contributed by atoms with van der Waals surface area (Å²) in [6, 6.07) is 14.6. The van der Waals surface area contributed by atoms with E-state index in [0.29, 0.717) is 22.1 Å². The molecule has 6 nitrogen and oxygen atoms in total. The number of carbonyl (C=O) groups excluding carboxylic acids is 2. The van der Waals surface area contributed by atoms with Gasteiger partial charge in [-0.1, -0.05) is 18.2 Å². The van der Waals surface area contributed by atoms with Crippen LogP contribution in [0.2, 0.25) is 0 Å². The number of ketones is 1. The Morgan fingerprint density at radius 3 is 2.60 bits per heavy atom. The maximum atomic E-state index is 12.7. The summed E-state index contributed by atoms with van der Waals surface area (Å²) in [5.74, 6) is 0.693. The van der Waals surface area contributed by atoms with Crippen LogP contribution in [0.15, 0.2) is 53.0 Å². The summed E-state index contributed by atoms with van der Waals surface area (Å²) in [4.78, 5) is 25.0. The molecule has 1 aromatic heterocycles. The lowest BCUT2D eigenvalue weighted by Crippen LogP contribution is -2.15. The summed E-state index contributed by atoms with van der Waals surface area (Å²) in [6.07, 6.45) is 0. The highest BCUT2D eigenvalue weighted by molar-refractivity contribution is 9.10. The SMILES string of the molecule is Cc1cc(C(=O)COC(=O)c2ccccc2Br)c(C)n1Cc1ccc2c(c1)OCO2. The number of esters is 1. The number of halogens is 1. The third-order valence-electron chi connectivity index (χ3n) is 5.08. The molecule has 0 saturated carbocycles. The molecule has 154 valence electrons. The number of carbonyl (C=O) groups is 2. The lowest BCUT2D eigenvalue weighted by atomic mass is 10.1. The summed E-state index contributed by atoms with van der Waals surface area (Å²) in [5.41, 5.74) is 3.75. The van der Waals surface area contributed by atoms with E-state index in [1.54, 1.807) is 24.3 Å². The Balaban J connectivity index is 1.47. The molecule has 0 unspecified atom stereocenters. The van der Waals surface area contributed by atoms with Crippen molar-refractivity contribution in [3.63, 3.8) is 0 Å². The zero-order chi connectivity index (χ0) is 21.3. The van der Waals surface area contributed by atoms with Crippen molar-refractivity contribution in [3.8, 4) is 11.5 Å². The van der Waals surface area contributed by atoms with Crippen LogP contribution in [0.1, 0.15) is 37.7 Å². The van der Waals surface area contributed by atoms with Gasteiger partial charge in [0.2, 0.25) is 12.6 Å². The van der Waals surface area contributed by atoms with Crippen molar-refractivity contribution in [1.82, 2.24) is 4.57 Å². The fraction of sp³-hybridized carbons (Fsp3) is 0.217. The predicted molar refractivity (Wildman–Crippen MR) is 114 cm³/mol. The van der Waals surface area contributed by atoms with Crippen LogP contribution in [-0.2, 0) is 11.3 Å². The third kappa shape index (κ3) is 3.98. The molecule has 0 atom stereocenters. The molecule has 0 bridgehead atoms. The molecule has 2 heterocycles. The molecule has 0 radical (unpaired) electrons. The minimum absolute atomic E-state index is 0.233. The van der Waals surface area contributed by atoms with Gasteiger partial charge in [0.15, 0.2) is 18.1 Å². The van der Waals surface area contributed by atoms with Gasteiger partial charge in [0.1, 0.15) is 0 Å². The first-order chi connectivity index (χ1) is 14.4. The fourth-order valence-corrected chi connectivity index (χ4v) is 3.91. The maximum absolute atomic E-state index is 12.7. The Hall–Kier alpha value is -3.06. The van der Waals surface area contributed by atoms with Gasteiger partial charge in [-0.15, -0.1) is 0 Å². The molecule has 1 aliphatic heterocycles. The van der Waals surface area contributed by atoms with Crippen molar-refractivity contribution in [1.29, 1.82) is 0 Å². The van der Waals surface area contributed by atoms with Crippen LogP contribution >= 0.6 is 15.9 Å². The minimum atomic E-state index is -0.537. The second kappa shape index (κ2) is 8.36. The lowest BCUT2D eigenvalue weighted by molar-refractivity contribution is 0.0473. The van der Waals surface area contributed by atoms with Crippen molar-refractivity contribution in [2.75, 3.05) is 13.4 Å². The van der Waals surface area contributed by atoms with Crippen molar-refractivity contribution < 1.29 is 23.8 Å². The Kier molecular flexibility index (Phi) is 5.63. The Labute approximate surface area is 182 Å². The first-order valence-corrected chi connectivity index (χ1v) is 10.2. The average molecular weight is 470 g/mol. The number of hydrogen-bond donors (Lipinski definition) is 0.